The molecule has 3 N–H and O–H groups in total. The molecule has 1 heterocycles. The number of rotatable bonds is 5. The highest BCUT2D eigenvalue weighted by atomic mass is 79.9. The molecule has 6 nitrogen and oxygen atoms in total. The van der Waals surface area contributed by atoms with Crippen LogP contribution in [0.4, 0.5) is 11.4 Å². The lowest BCUT2D eigenvalue weighted by Crippen LogP contribution is -2.29. The molecule has 33 heavy (non-hydrogen) atoms. The number of allylic oxidation sites excluding steroid dienone is 2. The summed E-state index contributed by atoms with van der Waals surface area (Å²) in [6.07, 6.45) is 5.13. The molecule has 1 aliphatic heterocycles. The highest BCUT2D eigenvalue weighted by molar-refractivity contribution is 9.10. The van der Waals surface area contributed by atoms with Gasteiger partial charge in [-0.1, -0.05) is 46.3 Å². The SMILES string of the molecule is O=C(O)c1ccc([C@H]2Nc3ccc(S(=O)(=O)Nc4cccc(Br)c4)cc3[C@H]3C=CC[C@H]32)cc1. The minimum atomic E-state index is -3.75. The van der Waals surface area contributed by atoms with Crippen LogP contribution >= 0.6 is 15.9 Å². The predicted molar refractivity (Wildman–Crippen MR) is 131 cm³/mol. The van der Waals surface area contributed by atoms with Gasteiger partial charge in [-0.3, -0.25) is 4.72 Å². The molecule has 0 bridgehead atoms. The standard InChI is InChI=1S/C25H21BrN2O4S/c26-17-3-1-4-18(13-17)28-33(31,32)19-11-12-23-22(14-19)20-5-2-6-21(20)24(27-23)15-7-9-16(10-8-15)25(29)30/h1-5,7-14,20-21,24,27-28H,6H2,(H,29,30)/t20-,21+,24+/m0/s1. The zero-order valence-corrected chi connectivity index (χ0v) is 19.8. The maximum Gasteiger partial charge on any atom is 0.335 e. The highest BCUT2D eigenvalue weighted by Crippen LogP contribution is 2.50. The molecule has 0 amide bonds. The number of halogens is 1. The van der Waals surface area contributed by atoms with Gasteiger partial charge >= 0.3 is 5.97 Å². The summed E-state index contributed by atoms with van der Waals surface area (Å²) in [4.78, 5) is 11.4. The van der Waals surface area contributed by atoms with Crippen LogP contribution in [0, 0.1) is 5.92 Å². The molecule has 0 unspecified atom stereocenters. The summed E-state index contributed by atoms with van der Waals surface area (Å²) < 4.78 is 29.5. The van der Waals surface area contributed by atoms with Crippen LogP contribution < -0.4 is 10.0 Å². The largest absolute Gasteiger partial charge is 0.478 e. The van der Waals surface area contributed by atoms with Crippen LogP contribution in [0.25, 0.3) is 0 Å². The number of carboxylic acids is 1. The Morgan fingerprint density at radius 3 is 2.58 bits per heavy atom. The molecule has 3 aromatic rings. The van der Waals surface area contributed by atoms with Crippen LogP contribution in [0.15, 0.2) is 88.3 Å². The van der Waals surface area contributed by atoms with Crippen LogP contribution in [-0.4, -0.2) is 19.5 Å². The molecular formula is C25H21BrN2O4S. The molecule has 8 heteroatoms. The fourth-order valence-electron chi connectivity index (χ4n) is 4.67. The average molecular weight is 525 g/mol. The first-order chi connectivity index (χ1) is 15.8. The van der Waals surface area contributed by atoms with E-state index >= 15 is 0 Å². The number of nitrogens with one attached hydrogen (secondary N) is 2. The molecule has 1 aliphatic carbocycles. The van der Waals surface area contributed by atoms with Crippen molar-refractivity contribution >= 4 is 43.3 Å². The van der Waals surface area contributed by atoms with Crippen molar-refractivity contribution in [3.8, 4) is 0 Å². The number of hydrogen-bond acceptors (Lipinski definition) is 4. The van der Waals surface area contributed by atoms with E-state index in [9.17, 15) is 18.3 Å². The Bertz CT molecular complexity index is 1370. The van der Waals surface area contributed by atoms with Gasteiger partial charge in [0.25, 0.3) is 10.0 Å². The predicted octanol–water partition coefficient (Wildman–Crippen LogP) is 5.77. The molecule has 3 atom stereocenters. The van der Waals surface area contributed by atoms with Crippen molar-refractivity contribution in [1.82, 2.24) is 0 Å². The number of fused-ring (bicyclic) bond motifs is 3. The Morgan fingerprint density at radius 1 is 1.06 bits per heavy atom. The molecular weight excluding hydrogens is 504 g/mol. The number of anilines is 2. The zero-order valence-electron chi connectivity index (χ0n) is 17.4. The first-order valence-corrected chi connectivity index (χ1v) is 12.8. The molecule has 0 radical (unpaired) electrons. The van der Waals surface area contributed by atoms with Crippen LogP contribution in [0.5, 0.6) is 0 Å². The van der Waals surface area contributed by atoms with E-state index in [0.717, 1.165) is 27.7 Å². The molecule has 168 valence electrons. The number of hydrogen-bond donors (Lipinski definition) is 3. The van der Waals surface area contributed by atoms with Gasteiger partial charge in [-0.15, -0.1) is 0 Å². The Hall–Kier alpha value is -3.10. The summed E-state index contributed by atoms with van der Waals surface area (Å²) in [6.45, 7) is 0. The van der Waals surface area contributed by atoms with Gasteiger partial charge in [-0.05, 0) is 72.0 Å². The summed E-state index contributed by atoms with van der Waals surface area (Å²) >= 11 is 3.36. The van der Waals surface area contributed by atoms with Crippen LogP contribution in [0.3, 0.4) is 0 Å². The Kier molecular flexibility index (Phi) is 5.50. The number of carbonyl (C=O) groups is 1. The third-order valence-electron chi connectivity index (χ3n) is 6.24. The van der Waals surface area contributed by atoms with E-state index in [1.807, 2.05) is 24.3 Å². The van der Waals surface area contributed by atoms with E-state index in [2.05, 4.69) is 38.1 Å². The summed E-state index contributed by atoms with van der Waals surface area (Å²) in [5, 5.41) is 12.7. The second-order valence-corrected chi connectivity index (χ2v) is 10.9. The minimum Gasteiger partial charge on any atom is -0.478 e. The third-order valence-corrected chi connectivity index (χ3v) is 8.11. The second kappa shape index (κ2) is 8.35. The van der Waals surface area contributed by atoms with Gasteiger partial charge in [0.15, 0.2) is 0 Å². The monoisotopic (exact) mass is 524 g/mol. The Labute approximate surface area is 200 Å². The lowest BCUT2D eigenvalue weighted by Gasteiger charge is -2.37. The van der Waals surface area contributed by atoms with Crippen molar-refractivity contribution in [2.75, 3.05) is 10.0 Å². The van der Waals surface area contributed by atoms with E-state index in [1.54, 1.807) is 42.5 Å². The fraction of sp³-hybridized carbons (Fsp3) is 0.160. The number of sulfonamides is 1. The smallest absolute Gasteiger partial charge is 0.335 e. The molecule has 5 rings (SSSR count). The number of benzene rings is 3. The lowest BCUT2D eigenvalue weighted by atomic mass is 9.77. The molecule has 0 spiro atoms. The van der Waals surface area contributed by atoms with Gasteiger partial charge in [-0.2, -0.15) is 0 Å². The summed E-state index contributed by atoms with van der Waals surface area (Å²) in [6, 6.07) is 19.1. The van der Waals surface area contributed by atoms with E-state index < -0.39 is 16.0 Å². The normalized spacial score (nSPS) is 21.1. The van der Waals surface area contributed by atoms with E-state index in [1.165, 1.54) is 0 Å². The molecule has 0 saturated carbocycles. The maximum atomic E-state index is 13.1. The molecule has 3 aromatic carbocycles. The first-order valence-electron chi connectivity index (χ1n) is 10.5. The van der Waals surface area contributed by atoms with Crippen LogP contribution in [0.2, 0.25) is 0 Å². The topological polar surface area (TPSA) is 95.5 Å². The minimum absolute atomic E-state index is 0.00240. The van der Waals surface area contributed by atoms with Crippen molar-refractivity contribution in [2.24, 2.45) is 5.92 Å². The van der Waals surface area contributed by atoms with Crippen molar-refractivity contribution < 1.29 is 18.3 Å². The van der Waals surface area contributed by atoms with Gasteiger partial charge in [0.1, 0.15) is 0 Å². The van der Waals surface area contributed by atoms with E-state index in [0.29, 0.717) is 5.69 Å². The van der Waals surface area contributed by atoms with Crippen molar-refractivity contribution in [1.29, 1.82) is 0 Å². The van der Waals surface area contributed by atoms with Gasteiger partial charge in [0.2, 0.25) is 0 Å². The van der Waals surface area contributed by atoms with Crippen molar-refractivity contribution in [3.05, 3.63) is 100 Å². The van der Waals surface area contributed by atoms with Crippen molar-refractivity contribution in [3.63, 3.8) is 0 Å². The third kappa shape index (κ3) is 4.16. The summed E-state index contributed by atoms with van der Waals surface area (Å²) in [5.41, 5.74) is 3.59. The van der Waals surface area contributed by atoms with Gasteiger partial charge in [0.05, 0.1) is 16.5 Å². The van der Waals surface area contributed by atoms with Crippen LogP contribution in [0.1, 0.15) is 39.9 Å². The molecule has 0 aromatic heterocycles. The summed E-state index contributed by atoms with van der Waals surface area (Å²) in [5.74, 6) is -0.662. The van der Waals surface area contributed by atoms with E-state index in [4.69, 9.17) is 0 Å². The van der Waals surface area contributed by atoms with Crippen molar-refractivity contribution in [2.45, 2.75) is 23.3 Å². The molecule has 2 aliphatic rings. The first kappa shape index (κ1) is 21.7. The Morgan fingerprint density at radius 2 is 1.85 bits per heavy atom. The maximum absolute atomic E-state index is 13.1. The van der Waals surface area contributed by atoms with Gasteiger partial charge in [0, 0.05) is 21.8 Å². The fourth-order valence-corrected chi connectivity index (χ4v) is 6.15. The molecule has 0 saturated heterocycles. The zero-order chi connectivity index (χ0) is 23.2. The number of carboxylic acid groups (broad SMARTS) is 1. The van der Waals surface area contributed by atoms with Crippen LogP contribution in [-0.2, 0) is 10.0 Å². The average Bonchev–Trinajstić information content (AvgIpc) is 3.28. The second-order valence-electron chi connectivity index (χ2n) is 8.27. The Balaban J connectivity index is 1.47. The van der Waals surface area contributed by atoms with Gasteiger partial charge in [-0.25, -0.2) is 13.2 Å². The lowest BCUT2D eigenvalue weighted by molar-refractivity contribution is 0.0697. The number of aromatic carboxylic acids is 1. The van der Waals surface area contributed by atoms with Gasteiger partial charge < -0.3 is 10.4 Å². The molecule has 0 fully saturated rings. The summed E-state index contributed by atoms with van der Waals surface area (Å²) in [7, 11) is -3.75. The van der Waals surface area contributed by atoms with E-state index in [-0.39, 0.29) is 28.3 Å². The highest BCUT2D eigenvalue weighted by Gasteiger charge is 2.38. The quantitative estimate of drug-likeness (QED) is 0.368.